The number of anilines is 1. The van der Waals surface area contributed by atoms with E-state index in [1.165, 1.54) is 6.07 Å². The van der Waals surface area contributed by atoms with Gasteiger partial charge in [-0.1, -0.05) is 18.2 Å². The Morgan fingerprint density at radius 1 is 1.24 bits per heavy atom. The topological polar surface area (TPSA) is 38.2 Å². The minimum Gasteiger partial charge on any atom is -0.480 e. The number of nitrogens with zero attached hydrogens (tertiary/aromatic N) is 3. The standard InChI is InChI=1S/C16H16FN3O/c1-21-16-6-5-15(18-19-16)20-9-7-12(8-10-20)13-3-2-4-14(17)11-13/h2-7,9,11-12H,8,10H2,1H3. The maximum absolute atomic E-state index is 13.3. The molecule has 1 aliphatic heterocycles. The molecule has 0 spiro atoms. The zero-order chi connectivity index (χ0) is 14.7. The zero-order valence-corrected chi connectivity index (χ0v) is 11.7. The lowest BCUT2D eigenvalue weighted by Gasteiger charge is -2.26. The van der Waals surface area contributed by atoms with Crippen LogP contribution in [-0.2, 0) is 0 Å². The van der Waals surface area contributed by atoms with Gasteiger partial charge in [0.25, 0.3) is 0 Å². The van der Waals surface area contributed by atoms with Crippen LogP contribution in [0.1, 0.15) is 17.9 Å². The van der Waals surface area contributed by atoms with E-state index in [9.17, 15) is 4.39 Å². The van der Waals surface area contributed by atoms with Crippen molar-refractivity contribution in [2.24, 2.45) is 0 Å². The molecule has 1 aromatic carbocycles. The number of allylic oxidation sites excluding steroid dienone is 1. The molecule has 1 aromatic heterocycles. The first-order valence-electron chi connectivity index (χ1n) is 6.84. The normalized spacial score (nSPS) is 17.8. The summed E-state index contributed by atoms with van der Waals surface area (Å²) in [6, 6.07) is 10.4. The third kappa shape index (κ3) is 3.02. The Labute approximate surface area is 122 Å². The molecule has 5 heteroatoms. The van der Waals surface area contributed by atoms with Gasteiger partial charge in [0.15, 0.2) is 5.82 Å². The predicted octanol–water partition coefficient (Wildman–Crippen LogP) is 3.13. The molecule has 0 saturated heterocycles. The monoisotopic (exact) mass is 285 g/mol. The average Bonchev–Trinajstić information content (AvgIpc) is 2.55. The Bertz CT molecular complexity index is 642. The van der Waals surface area contributed by atoms with E-state index in [1.807, 2.05) is 23.2 Å². The molecular weight excluding hydrogens is 269 g/mol. The fourth-order valence-corrected chi connectivity index (χ4v) is 2.44. The maximum Gasteiger partial charge on any atom is 0.233 e. The van der Waals surface area contributed by atoms with Crippen LogP contribution in [-0.4, -0.2) is 23.9 Å². The van der Waals surface area contributed by atoms with Crippen molar-refractivity contribution in [1.82, 2.24) is 10.2 Å². The second kappa shape index (κ2) is 5.91. The van der Waals surface area contributed by atoms with Gasteiger partial charge in [0.1, 0.15) is 5.82 Å². The van der Waals surface area contributed by atoms with Crippen LogP contribution in [0, 0.1) is 5.82 Å². The molecule has 1 atom stereocenters. The molecule has 0 radical (unpaired) electrons. The molecule has 0 N–H and O–H groups in total. The molecule has 0 bridgehead atoms. The van der Waals surface area contributed by atoms with Crippen LogP contribution in [0.25, 0.3) is 0 Å². The molecule has 108 valence electrons. The number of ether oxygens (including phenoxy) is 1. The fourth-order valence-electron chi connectivity index (χ4n) is 2.44. The summed E-state index contributed by atoms with van der Waals surface area (Å²) >= 11 is 0. The average molecular weight is 285 g/mol. The minimum absolute atomic E-state index is 0.190. The number of methoxy groups -OCH3 is 1. The fraction of sp³-hybridized carbons (Fsp3) is 0.250. The van der Waals surface area contributed by atoms with Gasteiger partial charge in [-0.2, -0.15) is 0 Å². The molecule has 21 heavy (non-hydrogen) atoms. The van der Waals surface area contributed by atoms with Crippen molar-refractivity contribution in [2.75, 3.05) is 18.6 Å². The maximum atomic E-state index is 13.3. The molecule has 1 unspecified atom stereocenters. The quantitative estimate of drug-likeness (QED) is 0.868. The summed E-state index contributed by atoms with van der Waals surface area (Å²) in [6.45, 7) is 0.818. The van der Waals surface area contributed by atoms with Crippen molar-refractivity contribution >= 4 is 5.82 Å². The first-order valence-corrected chi connectivity index (χ1v) is 6.84. The zero-order valence-electron chi connectivity index (χ0n) is 11.7. The SMILES string of the molecule is COc1ccc(N2C=CC(c3cccc(F)c3)CC2)nn1. The number of hydrogen-bond acceptors (Lipinski definition) is 4. The molecule has 2 aromatic rings. The number of benzene rings is 1. The van der Waals surface area contributed by atoms with Crippen LogP contribution in [0.4, 0.5) is 10.2 Å². The summed E-state index contributed by atoms with van der Waals surface area (Å²) < 4.78 is 18.3. The summed E-state index contributed by atoms with van der Waals surface area (Å²) in [6.07, 6.45) is 4.97. The molecule has 3 rings (SSSR count). The van der Waals surface area contributed by atoms with Gasteiger partial charge < -0.3 is 9.64 Å². The summed E-state index contributed by atoms with van der Waals surface area (Å²) in [4.78, 5) is 2.03. The van der Waals surface area contributed by atoms with Gasteiger partial charge in [0.05, 0.1) is 7.11 Å². The highest BCUT2D eigenvalue weighted by Gasteiger charge is 2.17. The van der Waals surface area contributed by atoms with Gasteiger partial charge in [-0.15, -0.1) is 10.2 Å². The van der Waals surface area contributed by atoms with E-state index in [1.54, 1.807) is 25.3 Å². The second-order valence-corrected chi connectivity index (χ2v) is 4.92. The van der Waals surface area contributed by atoms with Crippen molar-refractivity contribution in [3.05, 3.63) is 60.1 Å². The molecule has 0 fully saturated rings. The summed E-state index contributed by atoms with van der Waals surface area (Å²) in [5.74, 6) is 1.33. The van der Waals surface area contributed by atoms with E-state index >= 15 is 0 Å². The largest absolute Gasteiger partial charge is 0.480 e. The molecule has 0 amide bonds. The third-order valence-corrected chi connectivity index (χ3v) is 3.59. The lowest BCUT2D eigenvalue weighted by Crippen LogP contribution is -2.24. The molecule has 0 saturated carbocycles. The van der Waals surface area contributed by atoms with Gasteiger partial charge in [-0.05, 0) is 30.2 Å². The van der Waals surface area contributed by atoms with Crippen molar-refractivity contribution in [2.45, 2.75) is 12.3 Å². The van der Waals surface area contributed by atoms with E-state index in [4.69, 9.17) is 4.74 Å². The van der Waals surface area contributed by atoms with Gasteiger partial charge >= 0.3 is 0 Å². The van der Waals surface area contributed by atoms with Crippen LogP contribution in [0.5, 0.6) is 5.88 Å². The van der Waals surface area contributed by atoms with Crippen LogP contribution in [0.3, 0.4) is 0 Å². The Morgan fingerprint density at radius 2 is 2.14 bits per heavy atom. The van der Waals surface area contributed by atoms with E-state index in [0.717, 1.165) is 24.3 Å². The minimum atomic E-state index is -0.190. The van der Waals surface area contributed by atoms with E-state index in [0.29, 0.717) is 5.88 Å². The predicted molar refractivity (Wildman–Crippen MR) is 78.8 cm³/mol. The van der Waals surface area contributed by atoms with Crippen LogP contribution in [0.15, 0.2) is 48.7 Å². The van der Waals surface area contributed by atoms with Crippen LogP contribution in [0.2, 0.25) is 0 Å². The lowest BCUT2D eigenvalue weighted by molar-refractivity contribution is 0.392. The van der Waals surface area contributed by atoms with Gasteiger partial charge in [-0.3, -0.25) is 0 Å². The van der Waals surface area contributed by atoms with Crippen LogP contribution < -0.4 is 9.64 Å². The highest BCUT2D eigenvalue weighted by molar-refractivity contribution is 5.44. The number of halogens is 1. The molecule has 0 aliphatic carbocycles. The molecule has 2 heterocycles. The van der Waals surface area contributed by atoms with E-state index in [-0.39, 0.29) is 11.7 Å². The molecular formula is C16H16FN3O. The third-order valence-electron chi connectivity index (χ3n) is 3.59. The van der Waals surface area contributed by atoms with Gasteiger partial charge in [0.2, 0.25) is 5.88 Å². The highest BCUT2D eigenvalue weighted by atomic mass is 19.1. The number of aromatic nitrogens is 2. The Morgan fingerprint density at radius 3 is 2.76 bits per heavy atom. The highest BCUT2D eigenvalue weighted by Crippen LogP contribution is 2.27. The van der Waals surface area contributed by atoms with Crippen LogP contribution >= 0.6 is 0 Å². The molecule has 1 aliphatic rings. The lowest BCUT2D eigenvalue weighted by atomic mass is 9.93. The summed E-state index contributed by atoms with van der Waals surface area (Å²) in [7, 11) is 1.56. The molecule has 4 nitrogen and oxygen atoms in total. The Hall–Kier alpha value is -2.43. The van der Waals surface area contributed by atoms with Crippen molar-refractivity contribution in [3.8, 4) is 5.88 Å². The Kier molecular flexibility index (Phi) is 3.81. The number of rotatable bonds is 3. The van der Waals surface area contributed by atoms with E-state index in [2.05, 4.69) is 16.3 Å². The second-order valence-electron chi connectivity index (χ2n) is 4.92. The Balaban J connectivity index is 1.74. The smallest absolute Gasteiger partial charge is 0.233 e. The van der Waals surface area contributed by atoms with E-state index < -0.39 is 0 Å². The number of hydrogen-bond donors (Lipinski definition) is 0. The van der Waals surface area contributed by atoms with Crippen molar-refractivity contribution in [1.29, 1.82) is 0 Å². The first kappa shape index (κ1) is 13.5. The summed E-state index contributed by atoms with van der Waals surface area (Å²) in [5, 5.41) is 8.09. The van der Waals surface area contributed by atoms with Crippen molar-refractivity contribution in [3.63, 3.8) is 0 Å². The van der Waals surface area contributed by atoms with Gasteiger partial charge in [-0.25, -0.2) is 4.39 Å². The van der Waals surface area contributed by atoms with Crippen molar-refractivity contribution < 1.29 is 9.13 Å². The first-order chi connectivity index (χ1) is 10.3. The van der Waals surface area contributed by atoms with Gasteiger partial charge in [0, 0.05) is 24.7 Å². The summed E-state index contributed by atoms with van der Waals surface area (Å²) in [5.41, 5.74) is 1.01.